The van der Waals surface area contributed by atoms with Crippen molar-refractivity contribution in [1.29, 1.82) is 0 Å². The van der Waals surface area contributed by atoms with Gasteiger partial charge in [-0.2, -0.15) is 0 Å². The molecule has 0 radical (unpaired) electrons. The summed E-state index contributed by atoms with van der Waals surface area (Å²) in [6, 6.07) is 8.21. The molecule has 1 saturated heterocycles. The lowest BCUT2D eigenvalue weighted by Gasteiger charge is -2.29. The Kier molecular flexibility index (Phi) is 5.64. The quantitative estimate of drug-likeness (QED) is 0.869. The number of benzene rings is 1. The van der Waals surface area contributed by atoms with E-state index in [0.29, 0.717) is 6.54 Å². The molecule has 0 amide bonds. The fraction of sp³-hybridized carbons (Fsp3) is 0.600. The molecule has 1 heterocycles. The monoisotopic (exact) mass is 281 g/mol. The molecule has 2 N–H and O–H groups in total. The number of likely N-dealkylation sites (tertiary alicyclic amines) is 1. The summed E-state index contributed by atoms with van der Waals surface area (Å²) >= 11 is 6.28. The van der Waals surface area contributed by atoms with Gasteiger partial charge in [0.2, 0.25) is 0 Å². The smallest absolute Gasteiger partial charge is 0.0482 e. The number of halogens is 1. The average Bonchev–Trinajstić information content (AvgIpc) is 2.92. The van der Waals surface area contributed by atoms with Crippen molar-refractivity contribution in [2.45, 2.75) is 18.9 Å². The Hall–Kier alpha value is -0.610. The van der Waals surface area contributed by atoms with Crippen LogP contribution in [0.1, 0.15) is 24.4 Å². The van der Waals surface area contributed by atoms with Crippen LogP contribution < -0.4 is 5.73 Å². The largest absolute Gasteiger partial charge is 0.329 e. The Morgan fingerprint density at radius 3 is 2.63 bits per heavy atom. The van der Waals surface area contributed by atoms with Crippen LogP contribution >= 0.6 is 11.6 Å². The van der Waals surface area contributed by atoms with E-state index in [-0.39, 0.29) is 6.04 Å². The first kappa shape index (κ1) is 14.8. The van der Waals surface area contributed by atoms with Crippen molar-refractivity contribution in [3.05, 3.63) is 34.9 Å². The summed E-state index contributed by atoms with van der Waals surface area (Å²) < 4.78 is 0. The molecule has 19 heavy (non-hydrogen) atoms. The zero-order valence-corrected chi connectivity index (χ0v) is 12.4. The summed E-state index contributed by atoms with van der Waals surface area (Å²) in [6.07, 6.45) is 2.68. The van der Waals surface area contributed by atoms with Gasteiger partial charge >= 0.3 is 0 Å². The summed E-state index contributed by atoms with van der Waals surface area (Å²) in [5.41, 5.74) is 7.08. The van der Waals surface area contributed by atoms with Crippen LogP contribution in [0, 0.1) is 0 Å². The summed E-state index contributed by atoms with van der Waals surface area (Å²) in [5.74, 6) is 0. The van der Waals surface area contributed by atoms with Crippen LogP contribution in [0.2, 0.25) is 5.02 Å². The predicted molar refractivity (Wildman–Crippen MR) is 81.6 cm³/mol. The fourth-order valence-corrected chi connectivity index (χ4v) is 3.01. The van der Waals surface area contributed by atoms with E-state index in [1.165, 1.54) is 25.9 Å². The van der Waals surface area contributed by atoms with Gasteiger partial charge in [-0.15, -0.1) is 0 Å². The highest BCUT2D eigenvalue weighted by Crippen LogP contribution is 2.25. The first-order chi connectivity index (χ1) is 9.22. The molecular formula is C15H24ClN3. The predicted octanol–water partition coefficient (Wildman–Crippen LogP) is 2.37. The topological polar surface area (TPSA) is 32.5 Å². The van der Waals surface area contributed by atoms with E-state index >= 15 is 0 Å². The van der Waals surface area contributed by atoms with Crippen LogP contribution in [0.5, 0.6) is 0 Å². The second-order valence-electron chi connectivity index (χ2n) is 5.30. The molecule has 4 heteroatoms. The minimum absolute atomic E-state index is 0.205. The van der Waals surface area contributed by atoms with Crippen molar-refractivity contribution >= 4 is 11.6 Å². The zero-order chi connectivity index (χ0) is 13.7. The van der Waals surface area contributed by atoms with E-state index in [4.69, 9.17) is 17.3 Å². The van der Waals surface area contributed by atoms with Gasteiger partial charge in [0.05, 0.1) is 0 Å². The number of hydrogen-bond acceptors (Lipinski definition) is 3. The van der Waals surface area contributed by atoms with Crippen LogP contribution in [-0.2, 0) is 0 Å². The molecule has 1 aromatic carbocycles. The number of hydrogen-bond donors (Lipinski definition) is 1. The van der Waals surface area contributed by atoms with E-state index in [1.54, 1.807) is 0 Å². The standard InChI is InChI=1S/C15H24ClN3/c1-18(10-11-19-8-4-5-9-19)15(12-17)13-6-2-3-7-14(13)16/h2-3,6-7,15H,4-5,8-12,17H2,1H3. The molecule has 1 unspecified atom stereocenters. The Balaban J connectivity index is 1.94. The average molecular weight is 282 g/mol. The highest BCUT2D eigenvalue weighted by atomic mass is 35.5. The summed E-state index contributed by atoms with van der Waals surface area (Å²) in [5, 5.41) is 0.811. The molecule has 0 aliphatic carbocycles. The van der Waals surface area contributed by atoms with Crippen LogP contribution in [0.15, 0.2) is 24.3 Å². The highest BCUT2D eigenvalue weighted by molar-refractivity contribution is 6.31. The van der Waals surface area contributed by atoms with Crippen molar-refractivity contribution in [1.82, 2.24) is 9.80 Å². The molecule has 1 atom stereocenters. The third-order valence-corrected chi connectivity index (χ3v) is 4.33. The lowest BCUT2D eigenvalue weighted by molar-refractivity contribution is 0.209. The van der Waals surface area contributed by atoms with Crippen molar-refractivity contribution in [3.63, 3.8) is 0 Å². The molecule has 1 fully saturated rings. The van der Waals surface area contributed by atoms with Gasteiger partial charge < -0.3 is 10.6 Å². The molecule has 3 nitrogen and oxygen atoms in total. The molecule has 1 aromatic rings. The molecule has 0 aromatic heterocycles. The Labute approximate surface area is 121 Å². The molecule has 0 bridgehead atoms. The van der Waals surface area contributed by atoms with Gasteiger partial charge in [0, 0.05) is 30.7 Å². The normalized spacial score (nSPS) is 18.1. The van der Waals surface area contributed by atoms with Crippen molar-refractivity contribution in [2.24, 2.45) is 5.73 Å². The summed E-state index contributed by atoms with van der Waals surface area (Å²) in [4.78, 5) is 4.84. The second kappa shape index (κ2) is 7.25. The Morgan fingerprint density at radius 2 is 2.00 bits per heavy atom. The first-order valence-corrected chi connectivity index (χ1v) is 7.47. The number of nitrogens with two attached hydrogens (primary N) is 1. The maximum absolute atomic E-state index is 6.28. The van der Waals surface area contributed by atoms with Gasteiger partial charge in [0.15, 0.2) is 0 Å². The lowest BCUT2D eigenvalue weighted by atomic mass is 10.1. The highest BCUT2D eigenvalue weighted by Gasteiger charge is 2.19. The fourth-order valence-electron chi connectivity index (χ4n) is 2.75. The van der Waals surface area contributed by atoms with E-state index in [9.17, 15) is 0 Å². The minimum Gasteiger partial charge on any atom is -0.329 e. The maximum Gasteiger partial charge on any atom is 0.0482 e. The lowest BCUT2D eigenvalue weighted by Crippen LogP contribution is -2.36. The molecule has 1 aliphatic rings. The van der Waals surface area contributed by atoms with Crippen LogP contribution in [-0.4, -0.2) is 49.6 Å². The molecule has 0 saturated carbocycles. The van der Waals surface area contributed by atoms with Crippen LogP contribution in [0.4, 0.5) is 0 Å². The summed E-state index contributed by atoms with van der Waals surface area (Å²) in [6.45, 7) is 5.24. The number of rotatable bonds is 6. The molecule has 1 aliphatic heterocycles. The second-order valence-corrected chi connectivity index (χ2v) is 5.71. The van der Waals surface area contributed by atoms with Crippen molar-refractivity contribution < 1.29 is 0 Å². The van der Waals surface area contributed by atoms with Gasteiger partial charge in [-0.3, -0.25) is 4.90 Å². The third-order valence-electron chi connectivity index (χ3n) is 3.99. The van der Waals surface area contributed by atoms with Crippen molar-refractivity contribution in [3.8, 4) is 0 Å². The van der Waals surface area contributed by atoms with E-state index in [1.807, 2.05) is 18.2 Å². The first-order valence-electron chi connectivity index (χ1n) is 7.09. The van der Waals surface area contributed by atoms with E-state index in [0.717, 1.165) is 23.7 Å². The van der Waals surface area contributed by atoms with Gasteiger partial charge in [-0.25, -0.2) is 0 Å². The SMILES string of the molecule is CN(CCN1CCCC1)C(CN)c1ccccc1Cl. The van der Waals surface area contributed by atoms with E-state index in [2.05, 4.69) is 22.9 Å². The molecule has 0 spiro atoms. The molecular weight excluding hydrogens is 258 g/mol. The number of likely N-dealkylation sites (N-methyl/N-ethyl adjacent to an activating group) is 1. The molecule has 2 rings (SSSR count). The minimum atomic E-state index is 0.205. The Morgan fingerprint density at radius 1 is 1.32 bits per heavy atom. The third kappa shape index (κ3) is 3.93. The van der Waals surface area contributed by atoms with Gasteiger partial charge in [0.1, 0.15) is 0 Å². The zero-order valence-electron chi connectivity index (χ0n) is 11.7. The van der Waals surface area contributed by atoms with E-state index < -0.39 is 0 Å². The van der Waals surface area contributed by atoms with Gasteiger partial charge in [-0.1, -0.05) is 29.8 Å². The maximum atomic E-state index is 6.28. The van der Waals surface area contributed by atoms with Gasteiger partial charge in [-0.05, 0) is 44.6 Å². The van der Waals surface area contributed by atoms with Crippen LogP contribution in [0.25, 0.3) is 0 Å². The Bertz CT molecular complexity index is 391. The summed E-state index contributed by atoms with van der Waals surface area (Å²) in [7, 11) is 2.14. The molecule has 106 valence electrons. The van der Waals surface area contributed by atoms with Crippen LogP contribution in [0.3, 0.4) is 0 Å². The van der Waals surface area contributed by atoms with Crippen molar-refractivity contribution in [2.75, 3.05) is 39.8 Å². The van der Waals surface area contributed by atoms with Gasteiger partial charge in [0.25, 0.3) is 0 Å². The number of nitrogens with zero attached hydrogens (tertiary/aromatic N) is 2.